The molecule has 106 valence electrons. The second kappa shape index (κ2) is 6.96. The zero-order chi connectivity index (χ0) is 14.4. The molecule has 0 saturated heterocycles. The number of thiocarbonyl (C=S) groups is 1. The lowest BCUT2D eigenvalue weighted by Gasteiger charge is -2.12. The summed E-state index contributed by atoms with van der Waals surface area (Å²) in [7, 11) is 1.66. The fourth-order valence-electron chi connectivity index (χ4n) is 1.83. The van der Waals surface area contributed by atoms with Crippen molar-refractivity contribution >= 4 is 17.3 Å². The zero-order valence-corrected chi connectivity index (χ0v) is 12.4. The Balaban J connectivity index is 1.80. The van der Waals surface area contributed by atoms with Gasteiger partial charge in [-0.2, -0.15) is 0 Å². The van der Waals surface area contributed by atoms with E-state index in [4.69, 9.17) is 21.4 Å². The highest BCUT2D eigenvalue weighted by molar-refractivity contribution is 7.80. The summed E-state index contributed by atoms with van der Waals surface area (Å²) >= 11 is 5.23. The van der Waals surface area contributed by atoms with Crippen LogP contribution in [0.2, 0.25) is 0 Å². The van der Waals surface area contributed by atoms with Gasteiger partial charge in [0.05, 0.1) is 13.7 Å². The fraction of sp³-hybridized carbons (Fsp3) is 0.267. The summed E-state index contributed by atoms with van der Waals surface area (Å²) < 4.78 is 10.8. The molecule has 0 aliphatic carbocycles. The van der Waals surface area contributed by atoms with Crippen LogP contribution >= 0.6 is 12.2 Å². The van der Waals surface area contributed by atoms with Crippen LogP contribution in [0.4, 0.5) is 0 Å². The van der Waals surface area contributed by atoms with Crippen LogP contribution in [0.3, 0.4) is 0 Å². The number of ether oxygens (including phenoxy) is 1. The van der Waals surface area contributed by atoms with Crippen LogP contribution in [0.25, 0.3) is 0 Å². The monoisotopic (exact) mass is 290 g/mol. The molecule has 0 bridgehead atoms. The zero-order valence-electron chi connectivity index (χ0n) is 11.6. The molecule has 5 heteroatoms. The van der Waals surface area contributed by atoms with Crippen molar-refractivity contribution in [1.82, 2.24) is 10.6 Å². The van der Waals surface area contributed by atoms with Crippen LogP contribution < -0.4 is 15.4 Å². The number of para-hydroxylation sites is 1. The van der Waals surface area contributed by atoms with Crippen molar-refractivity contribution in [3.63, 3.8) is 0 Å². The van der Waals surface area contributed by atoms with Gasteiger partial charge in [-0.1, -0.05) is 18.2 Å². The minimum atomic E-state index is 0.575. The molecule has 0 aliphatic rings. The van der Waals surface area contributed by atoms with Crippen LogP contribution in [0.5, 0.6) is 5.75 Å². The van der Waals surface area contributed by atoms with E-state index in [2.05, 4.69) is 10.6 Å². The predicted octanol–water partition coefficient (Wildman–Crippen LogP) is 2.76. The van der Waals surface area contributed by atoms with Crippen molar-refractivity contribution in [3.05, 3.63) is 53.5 Å². The van der Waals surface area contributed by atoms with E-state index in [1.165, 1.54) is 0 Å². The van der Waals surface area contributed by atoms with Gasteiger partial charge in [0.2, 0.25) is 0 Å². The summed E-state index contributed by atoms with van der Waals surface area (Å²) in [5.74, 6) is 2.61. The number of aryl methyl sites for hydroxylation is 1. The molecule has 0 aliphatic heterocycles. The molecule has 1 heterocycles. The Labute approximate surface area is 124 Å². The number of hydrogen-bond acceptors (Lipinski definition) is 3. The lowest BCUT2D eigenvalue weighted by molar-refractivity contribution is 0.409. The van der Waals surface area contributed by atoms with Crippen molar-refractivity contribution in [2.45, 2.75) is 20.0 Å². The summed E-state index contributed by atoms with van der Waals surface area (Å²) in [4.78, 5) is 0. The van der Waals surface area contributed by atoms with Crippen molar-refractivity contribution in [2.75, 3.05) is 7.11 Å². The van der Waals surface area contributed by atoms with E-state index in [1.54, 1.807) is 7.11 Å². The molecular formula is C15H18N2O2S. The van der Waals surface area contributed by atoms with Gasteiger partial charge in [0.1, 0.15) is 17.3 Å². The molecule has 20 heavy (non-hydrogen) atoms. The molecule has 0 atom stereocenters. The number of rotatable bonds is 5. The van der Waals surface area contributed by atoms with Crippen molar-refractivity contribution in [3.8, 4) is 5.75 Å². The van der Waals surface area contributed by atoms with E-state index in [-0.39, 0.29) is 0 Å². The average molecular weight is 290 g/mol. The first kappa shape index (κ1) is 14.4. The fourth-order valence-corrected chi connectivity index (χ4v) is 1.98. The minimum Gasteiger partial charge on any atom is -0.496 e. The summed E-state index contributed by atoms with van der Waals surface area (Å²) in [6.45, 7) is 3.11. The van der Waals surface area contributed by atoms with Gasteiger partial charge in [-0.05, 0) is 37.3 Å². The van der Waals surface area contributed by atoms with Crippen LogP contribution in [0.1, 0.15) is 17.1 Å². The number of methoxy groups -OCH3 is 1. The van der Waals surface area contributed by atoms with E-state index in [9.17, 15) is 0 Å². The second-order valence-corrected chi connectivity index (χ2v) is 4.77. The van der Waals surface area contributed by atoms with Gasteiger partial charge in [-0.25, -0.2) is 0 Å². The quantitative estimate of drug-likeness (QED) is 0.829. The number of nitrogens with one attached hydrogen (secondary N) is 2. The smallest absolute Gasteiger partial charge is 0.166 e. The Morgan fingerprint density at radius 3 is 2.60 bits per heavy atom. The predicted molar refractivity (Wildman–Crippen MR) is 82.7 cm³/mol. The van der Waals surface area contributed by atoms with Gasteiger partial charge in [0, 0.05) is 12.1 Å². The maximum absolute atomic E-state index is 5.46. The maximum Gasteiger partial charge on any atom is 0.166 e. The first-order chi connectivity index (χ1) is 9.69. The first-order valence-corrected chi connectivity index (χ1v) is 6.79. The normalized spacial score (nSPS) is 10.1. The largest absolute Gasteiger partial charge is 0.496 e. The molecule has 0 amide bonds. The molecule has 2 rings (SSSR count). The molecule has 0 unspecified atom stereocenters. The molecule has 0 fully saturated rings. The van der Waals surface area contributed by atoms with E-state index in [0.29, 0.717) is 18.2 Å². The molecule has 2 N–H and O–H groups in total. The Bertz CT molecular complexity index is 581. The van der Waals surface area contributed by atoms with Gasteiger partial charge in [0.15, 0.2) is 5.11 Å². The van der Waals surface area contributed by atoms with Crippen molar-refractivity contribution in [1.29, 1.82) is 0 Å². The van der Waals surface area contributed by atoms with Crippen LogP contribution in [0.15, 0.2) is 40.8 Å². The number of benzene rings is 1. The van der Waals surface area contributed by atoms with Gasteiger partial charge >= 0.3 is 0 Å². The molecule has 0 saturated carbocycles. The summed E-state index contributed by atoms with van der Waals surface area (Å²) in [6, 6.07) is 11.7. The Kier molecular flexibility index (Phi) is 5.01. The highest BCUT2D eigenvalue weighted by Crippen LogP contribution is 2.16. The third-order valence-electron chi connectivity index (χ3n) is 2.85. The number of hydrogen-bond donors (Lipinski definition) is 2. The molecule has 4 nitrogen and oxygen atoms in total. The van der Waals surface area contributed by atoms with Crippen LogP contribution in [0, 0.1) is 6.92 Å². The molecule has 0 radical (unpaired) electrons. The van der Waals surface area contributed by atoms with Gasteiger partial charge in [-0.3, -0.25) is 0 Å². The van der Waals surface area contributed by atoms with E-state index in [1.807, 2.05) is 43.3 Å². The number of furan rings is 1. The molecule has 1 aromatic carbocycles. The second-order valence-electron chi connectivity index (χ2n) is 4.36. The van der Waals surface area contributed by atoms with Gasteiger partial charge < -0.3 is 19.8 Å². The van der Waals surface area contributed by atoms with E-state index in [0.717, 1.165) is 22.8 Å². The van der Waals surface area contributed by atoms with Crippen LogP contribution in [-0.4, -0.2) is 12.2 Å². The topological polar surface area (TPSA) is 46.4 Å². The van der Waals surface area contributed by atoms with Crippen molar-refractivity contribution < 1.29 is 9.15 Å². The molecule has 1 aromatic heterocycles. The van der Waals surface area contributed by atoms with Crippen molar-refractivity contribution in [2.24, 2.45) is 0 Å². The van der Waals surface area contributed by atoms with E-state index >= 15 is 0 Å². The third kappa shape index (κ3) is 3.99. The minimum absolute atomic E-state index is 0.575. The van der Waals surface area contributed by atoms with Gasteiger partial charge in [0.25, 0.3) is 0 Å². The summed E-state index contributed by atoms with van der Waals surface area (Å²) in [5, 5.41) is 6.84. The Hall–Kier alpha value is -2.01. The molecular weight excluding hydrogens is 272 g/mol. The van der Waals surface area contributed by atoms with Gasteiger partial charge in [-0.15, -0.1) is 0 Å². The SMILES string of the molecule is COc1ccccc1CNC(=S)NCc1ccc(C)o1. The summed E-state index contributed by atoms with van der Waals surface area (Å²) in [5.41, 5.74) is 1.06. The highest BCUT2D eigenvalue weighted by atomic mass is 32.1. The maximum atomic E-state index is 5.46. The Morgan fingerprint density at radius 1 is 1.15 bits per heavy atom. The van der Waals surface area contributed by atoms with Crippen LogP contribution in [-0.2, 0) is 13.1 Å². The first-order valence-electron chi connectivity index (χ1n) is 6.38. The lowest BCUT2D eigenvalue weighted by Crippen LogP contribution is -2.34. The van der Waals surface area contributed by atoms with E-state index < -0.39 is 0 Å². The standard InChI is InChI=1S/C15H18N2O2S/c1-11-7-8-13(19-11)10-17-15(20)16-9-12-5-3-4-6-14(12)18-2/h3-8H,9-10H2,1-2H3,(H2,16,17,20). The highest BCUT2D eigenvalue weighted by Gasteiger charge is 2.03. The molecule has 2 aromatic rings. The Morgan fingerprint density at radius 2 is 1.90 bits per heavy atom. The third-order valence-corrected chi connectivity index (χ3v) is 3.14. The summed E-state index contributed by atoms with van der Waals surface area (Å²) in [6.07, 6.45) is 0. The molecule has 0 spiro atoms. The lowest BCUT2D eigenvalue weighted by atomic mass is 10.2. The average Bonchev–Trinajstić information content (AvgIpc) is 2.89.